The maximum Gasteiger partial charge on any atom is 0.224 e. The van der Waals surface area contributed by atoms with Crippen LogP contribution < -0.4 is 10.6 Å². The molecule has 128 valence electrons. The molecule has 0 heterocycles. The molecule has 4 nitrogen and oxygen atoms in total. The van der Waals surface area contributed by atoms with Crippen molar-refractivity contribution in [2.24, 2.45) is 11.8 Å². The standard InChI is InChI=1S/C19H30N2O2/c1-4-16(12-22)20-18(23)11-14-5-9-17(10-6-14)21-19(13(2)3)15-7-8-15/h5-6,9-10,13,15-16,19,21-22H,4,7-8,11-12H2,1-3H3,(H,20,23). The van der Waals surface area contributed by atoms with Gasteiger partial charge in [0, 0.05) is 11.7 Å². The van der Waals surface area contributed by atoms with Crippen molar-refractivity contribution in [1.29, 1.82) is 0 Å². The van der Waals surface area contributed by atoms with E-state index in [1.807, 2.05) is 19.1 Å². The highest BCUT2D eigenvalue weighted by atomic mass is 16.3. The summed E-state index contributed by atoms with van der Waals surface area (Å²) < 4.78 is 0. The van der Waals surface area contributed by atoms with E-state index in [9.17, 15) is 4.79 Å². The molecule has 0 aromatic heterocycles. The summed E-state index contributed by atoms with van der Waals surface area (Å²) in [5, 5.41) is 15.6. The Bertz CT molecular complexity index is 489. The molecule has 0 spiro atoms. The van der Waals surface area contributed by atoms with Gasteiger partial charge in [-0.25, -0.2) is 0 Å². The van der Waals surface area contributed by atoms with Crippen LogP contribution in [-0.2, 0) is 11.2 Å². The van der Waals surface area contributed by atoms with E-state index in [1.54, 1.807) is 0 Å². The Kier molecular flexibility index (Phi) is 6.46. The average molecular weight is 318 g/mol. The molecule has 2 rings (SSSR count). The molecule has 1 fully saturated rings. The number of hydrogen-bond acceptors (Lipinski definition) is 3. The van der Waals surface area contributed by atoms with Crippen LogP contribution in [0.1, 0.15) is 45.6 Å². The van der Waals surface area contributed by atoms with E-state index in [2.05, 4.69) is 36.6 Å². The van der Waals surface area contributed by atoms with Crippen molar-refractivity contribution in [3.8, 4) is 0 Å². The lowest BCUT2D eigenvalue weighted by Crippen LogP contribution is -2.37. The quantitative estimate of drug-likeness (QED) is 0.656. The van der Waals surface area contributed by atoms with Gasteiger partial charge in [-0.15, -0.1) is 0 Å². The Hall–Kier alpha value is -1.55. The normalized spacial score (nSPS) is 16.9. The van der Waals surface area contributed by atoms with Gasteiger partial charge in [-0.1, -0.05) is 32.9 Å². The summed E-state index contributed by atoms with van der Waals surface area (Å²) in [6.07, 6.45) is 3.75. The predicted octanol–water partition coefficient (Wildman–Crippen LogP) is 2.96. The Morgan fingerprint density at radius 3 is 2.39 bits per heavy atom. The minimum atomic E-state index is -0.145. The molecule has 4 heteroatoms. The zero-order valence-corrected chi connectivity index (χ0v) is 14.5. The van der Waals surface area contributed by atoms with Gasteiger partial charge in [0.2, 0.25) is 5.91 Å². The molecule has 1 aromatic rings. The minimum absolute atomic E-state index is 0.0111. The molecule has 2 atom stereocenters. The fourth-order valence-corrected chi connectivity index (χ4v) is 2.94. The van der Waals surface area contributed by atoms with Crippen molar-refractivity contribution in [2.75, 3.05) is 11.9 Å². The Morgan fingerprint density at radius 1 is 1.26 bits per heavy atom. The number of nitrogens with one attached hydrogen (secondary N) is 2. The third-order valence-corrected chi connectivity index (χ3v) is 4.58. The second-order valence-electron chi connectivity index (χ2n) is 6.98. The van der Waals surface area contributed by atoms with Gasteiger partial charge in [0.1, 0.15) is 0 Å². The number of amides is 1. The van der Waals surface area contributed by atoms with E-state index in [1.165, 1.54) is 12.8 Å². The number of aliphatic hydroxyl groups is 1. The Morgan fingerprint density at radius 2 is 1.91 bits per heavy atom. The van der Waals surface area contributed by atoms with Crippen LogP contribution in [0.15, 0.2) is 24.3 Å². The van der Waals surface area contributed by atoms with Gasteiger partial charge in [-0.2, -0.15) is 0 Å². The fourth-order valence-electron chi connectivity index (χ4n) is 2.94. The molecule has 1 amide bonds. The van der Waals surface area contributed by atoms with Gasteiger partial charge >= 0.3 is 0 Å². The third kappa shape index (κ3) is 5.54. The van der Waals surface area contributed by atoms with Crippen LogP contribution in [0.5, 0.6) is 0 Å². The van der Waals surface area contributed by atoms with Crippen molar-refractivity contribution in [3.05, 3.63) is 29.8 Å². The Balaban J connectivity index is 1.87. The van der Waals surface area contributed by atoms with Crippen LogP contribution in [0, 0.1) is 11.8 Å². The predicted molar refractivity (Wildman–Crippen MR) is 94.4 cm³/mol. The molecule has 2 unspecified atom stereocenters. The SMILES string of the molecule is CCC(CO)NC(=O)Cc1ccc(NC(C(C)C)C2CC2)cc1. The number of hydrogen-bond donors (Lipinski definition) is 3. The summed E-state index contributed by atoms with van der Waals surface area (Å²) in [7, 11) is 0. The Labute approximate surface area is 139 Å². The van der Waals surface area contributed by atoms with Gasteiger partial charge in [0.05, 0.1) is 19.1 Å². The second kappa shape index (κ2) is 8.34. The lowest BCUT2D eigenvalue weighted by atomic mass is 9.99. The molecular weight excluding hydrogens is 288 g/mol. The van der Waals surface area contributed by atoms with E-state index in [4.69, 9.17) is 5.11 Å². The number of aliphatic hydroxyl groups excluding tert-OH is 1. The monoisotopic (exact) mass is 318 g/mol. The first-order valence-electron chi connectivity index (χ1n) is 8.79. The maximum absolute atomic E-state index is 12.0. The van der Waals surface area contributed by atoms with Crippen LogP contribution in [0.2, 0.25) is 0 Å². The van der Waals surface area contributed by atoms with E-state index in [-0.39, 0.29) is 18.6 Å². The number of carbonyl (C=O) groups is 1. The summed E-state index contributed by atoms with van der Waals surface area (Å²) in [5.74, 6) is 1.40. The molecule has 23 heavy (non-hydrogen) atoms. The van der Waals surface area contributed by atoms with Crippen LogP contribution in [-0.4, -0.2) is 29.7 Å². The molecule has 1 aliphatic rings. The van der Waals surface area contributed by atoms with Crippen LogP contribution in [0.4, 0.5) is 5.69 Å². The van der Waals surface area contributed by atoms with Gasteiger partial charge in [-0.05, 0) is 48.8 Å². The first-order chi connectivity index (χ1) is 11.0. The molecule has 0 radical (unpaired) electrons. The summed E-state index contributed by atoms with van der Waals surface area (Å²) in [4.78, 5) is 12.0. The van der Waals surface area contributed by atoms with Crippen LogP contribution >= 0.6 is 0 Å². The molecule has 1 aliphatic carbocycles. The molecule has 0 bridgehead atoms. The van der Waals surface area contributed by atoms with Crippen molar-refractivity contribution in [3.63, 3.8) is 0 Å². The average Bonchev–Trinajstić information content (AvgIpc) is 3.36. The summed E-state index contributed by atoms with van der Waals surface area (Å²) >= 11 is 0. The van der Waals surface area contributed by atoms with Crippen LogP contribution in [0.25, 0.3) is 0 Å². The molecule has 1 aromatic carbocycles. The lowest BCUT2D eigenvalue weighted by molar-refractivity contribution is -0.121. The molecule has 0 aliphatic heterocycles. The third-order valence-electron chi connectivity index (χ3n) is 4.58. The highest BCUT2D eigenvalue weighted by Crippen LogP contribution is 2.37. The van der Waals surface area contributed by atoms with E-state index >= 15 is 0 Å². The zero-order chi connectivity index (χ0) is 16.8. The topological polar surface area (TPSA) is 61.4 Å². The van der Waals surface area contributed by atoms with Crippen molar-refractivity contribution < 1.29 is 9.90 Å². The van der Waals surface area contributed by atoms with Crippen molar-refractivity contribution in [1.82, 2.24) is 5.32 Å². The number of carbonyl (C=O) groups excluding carboxylic acids is 1. The smallest absolute Gasteiger partial charge is 0.224 e. The number of benzene rings is 1. The zero-order valence-electron chi connectivity index (χ0n) is 14.5. The molecule has 3 N–H and O–H groups in total. The molecular formula is C19H30N2O2. The van der Waals surface area contributed by atoms with E-state index in [0.717, 1.165) is 23.6 Å². The highest BCUT2D eigenvalue weighted by molar-refractivity contribution is 5.79. The second-order valence-corrected chi connectivity index (χ2v) is 6.98. The molecule has 1 saturated carbocycles. The number of anilines is 1. The lowest BCUT2D eigenvalue weighted by Gasteiger charge is -2.23. The van der Waals surface area contributed by atoms with Gasteiger partial charge in [0.25, 0.3) is 0 Å². The van der Waals surface area contributed by atoms with Crippen LogP contribution in [0.3, 0.4) is 0 Å². The highest BCUT2D eigenvalue weighted by Gasteiger charge is 2.32. The van der Waals surface area contributed by atoms with Gasteiger partial charge < -0.3 is 15.7 Å². The largest absolute Gasteiger partial charge is 0.394 e. The maximum atomic E-state index is 12.0. The molecule has 0 saturated heterocycles. The van der Waals surface area contributed by atoms with Crippen molar-refractivity contribution >= 4 is 11.6 Å². The van der Waals surface area contributed by atoms with E-state index < -0.39 is 0 Å². The first kappa shape index (κ1) is 17.8. The van der Waals surface area contributed by atoms with Crippen molar-refractivity contribution in [2.45, 2.75) is 58.5 Å². The van der Waals surface area contributed by atoms with Gasteiger partial charge in [0.15, 0.2) is 0 Å². The summed E-state index contributed by atoms with van der Waals surface area (Å²) in [6, 6.07) is 8.53. The summed E-state index contributed by atoms with van der Waals surface area (Å²) in [5.41, 5.74) is 2.12. The summed E-state index contributed by atoms with van der Waals surface area (Å²) in [6.45, 7) is 6.47. The first-order valence-corrected chi connectivity index (χ1v) is 8.79. The number of rotatable bonds is 9. The minimum Gasteiger partial charge on any atom is -0.394 e. The fraction of sp³-hybridized carbons (Fsp3) is 0.632. The van der Waals surface area contributed by atoms with E-state index in [0.29, 0.717) is 18.4 Å². The van der Waals surface area contributed by atoms with Gasteiger partial charge in [-0.3, -0.25) is 4.79 Å².